The molecule has 1 amide bonds. The van der Waals surface area contributed by atoms with Gasteiger partial charge in [-0.2, -0.15) is 0 Å². The van der Waals surface area contributed by atoms with Crippen molar-refractivity contribution in [3.05, 3.63) is 131 Å². The van der Waals surface area contributed by atoms with E-state index in [1.165, 1.54) is 10.4 Å². The van der Waals surface area contributed by atoms with Gasteiger partial charge in [-0.25, -0.2) is 0 Å². The van der Waals surface area contributed by atoms with Crippen molar-refractivity contribution in [2.45, 2.75) is 52.1 Å². The number of nitrogens with zero attached hydrogens (tertiary/aromatic N) is 1. The number of rotatable bonds is 9. The molecule has 0 radical (unpaired) electrons. The minimum absolute atomic E-state index is 0.0556. The largest absolute Gasteiger partial charge is 0.406 e. The van der Waals surface area contributed by atoms with Gasteiger partial charge in [-0.3, -0.25) is 4.79 Å². The van der Waals surface area contributed by atoms with Gasteiger partial charge in [-0.15, -0.1) is 0 Å². The number of hydrogen-bond donors (Lipinski definition) is 0. The molecule has 40 heavy (non-hydrogen) atoms. The molecule has 208 valence electrons. The van der Waals surface area contributed by atoms with Crippen LogP contribution in [0, 0.1) is 6.92 Å². The van der Waals surface area contributed by atoms with Crippen LogP contribution in [0.1, 0.15) is 56.1 Å². The first-order valence-electron chi connectivity index (χ1n) is 13.9. The molecule has 0 aliphatic heterocycles. The van der Waals surface area contributed by atoms with Crippen LogP contribution >= 0.6 is 11.6 Å². The summed E-state index contributed by atoms with van der Waals surface area (Å²) in [5, 5.41) is 2.84. The van der Waals surface area contributed by atoms with Crippen LogP contribution in [0.15, 0.2) is 109 Å². The van der Waals surface area contributed by atoms with E-state index >= 15 is 0 Å². The van der Waals surface area contributed by atoms with Gasteiger partial charge in [0.1, 0.15) is 0 Å². The third-order valence-electron chi connectivity index (χ3n) is 7.88. The van der Waals surface area contributed by atoms with Gasteiger partial charge < -0.3 is 9.33 Å². The van der Waals surface area contributed by atoms with Gasteiger partial charge in [0.05, 0.1) is 12.1 Å². The fraction of sp³-hybridized carbons (Fsp3) is 0.286. The van der Waals surface area contributed by atoms with Gasteiger partial charge in [-0.05, 0) is 59.4 Å². The van der Waals surface area contributed by atoms with E-state index in [2.05, 4.69) is 95.3 Å². The molecule has 0 N–H and O–H groups in total. The van der Waals surface area contributed by atoms with Gasteiger partial charge in [0.25, 0.3) is 14.2 Å². The Bertz CT molecular complexity index is 1380. The molecule has 4 rings (SSSR count). The van der Waals surface area contributed by atoms with E-state index in [-0.39, 0.29) is 10.9 Å². The van der Waals surface area contributed by atoms with Gasteiger partial charge in [0.15, 0.2) is 0 Å². The van der Waals surface area contributed by atoms with Gasteiger partial charge in [0.2, 0.25) is 0 Å². The maximum absolute atomic E-state index is 14.3. The van der Waals surface area contributed by atoms with Gasteiger partial charge in [0, 0.05) is 17.1 Å². The predicted molar refractivity (Wildman–Crippen MR) is 170 cm³/mol. The normalized spacial score (nSPS) is 12.3. The summed E-state index contributed by atoms with van der Waals surface area (Å²) >= 11 is 6.36. The lowest BCUT2D eigenvalue weighted by atomic mass is 9.91. The van der Waals surface area contributed by atoms with Crippen LogP contribution in [0.25, 0.3) is 0 Å². The highest BCUT2D eigenvalue weighted by molar-refractivity contribution is 6.99. The van der Waals surface area contributed by atoms with Crippen molar-refractivity contribution in [1.82, 2.24) is 4.90 Å². The number of carbonyl (C=O) groups excluding carboxylic acids is 1. The number of carbonyl (C=O) groups is 1. The highest BCUT2D eigenvalue weighted by atomic mass is 35.5. The number of aryl methyl sites for hydroxylation is 1. The molecule has 4 aromatic carbocycles. The summed E-state index contributed by atoms with van der Waals surface area (Å²) < 4.78 is 7.19. The maximum Gasteiger partial charge on any atom is 0.261 e. The van der Waals surface area contributed by atoms with Crippen molar-refractivity contribution in [2.75, 3.05) is 13.2 Å². The first-order chi connectivity index (χ1) is 19.0. The topological polar surface area (TPSA) is 29.5 Å². The minimum Gasteiger partial charge on any atom is -0.406 e. The minimum atomic E-state index is -2.75. The zero-order valence-electron chi connectivity index (χ0n) is 24.4. The molecule has 0 unspecified atom stereocenters. The Morgan fingerprint density at radius 2 is 1.27 bits per heavy atom. The summed E-state index contributed by atoms with van der Waals surface area (Å²) in [6, 6.07) is 36.9. The molecular weight excluding hydrogens is 530 g/mol. The van der Waals surface area contributed by atoms with Crippen LogP contribution in [0.4, 0.5) is 0 Å². The zero-order chi connectivity index (χ0) is 29.0. The van der Waals surface area contributed by atoms with E-state index in [1.54, 1.807) is 6.07 Å². The van der Waals surface area contributed by atoms with E-state index in [1.807, 2.05) is 54.3 Å². The standard InChI is InChI=1S/C35H40ClNO2Si/c1-27-22-23-29(36)26-32(27)33(38)37(35(5,6)28-16-10-7-11-17-28)24-25-39-40(34(2,3)4,30-18-12-8-13-19-30)31-20-14-9-15-21-31/h7-23,26H,24-25H2,1-6H3. The molecule has 0 aromatic heterocycles. The molecule has 0 aliphatic carbocycles. The molecule has 0 bridgehead atoms. The van der Waals surface area contributed by atoms with Gasteiger partial charge in [-0.1, -0.05) is 129 Å². The predicted octanol–water partition coefficient (Wildman–Crippen LogP) is 7.60. The van der Waals surface area contributed by atoms with E-state index in [0.717, 1.165) is 11.1 Å². The second-order valence-corrected chi connectivity index (χ2v) is 16.6. The van der Waals surface area contributed by atoms with E-state index in [4.69, 9.17) is 16.0 Å². The van der Waals surface area contributed by atoms with E-state index in [9.17, 15) is 4.79 Å². The summed E-state index contributed by atoms with van der Waals surface area (Å²) in [5.74, 6) is -0.0556. The van der Waals surface area contributed by atoms with Crippen molar-refractivity contribution in [2.24, 2.45) is 0 Å². The molecule has 0 saturated carbocycles. The van der Waals surface area contributed by atoms with Crippen LogP contribution < -0.4 is 10.4 Å². The molecule has 3 nitrogen and oxygen atoms in total. The van der Waals surface area contributed by atoms with Gasteiger partial charge >= 0.3 is 0 Å². The van der Waals surface area contributed by atoms with Crippen molar-refractivity contribution in [3.8, 4) is 0 Å². The lowest BCUT2D eigenvalue weighted by Gasteiger charge is -2.44. The first-order valence-corrected chi connectivity index (χ1v) is 16.2. The molecule has 0 aliphatic rings. The Kier molecular flexibility index (Phi) is 9.04. The molecule has 4 aromatic rings. The van der Waals surface area contributed by atoms with E-state index in [0.29, 0.717) is 23.7 Å². The number of hydrogen-bond acceptors (Lipinski definition) is 2. The van der Waals surface area contributed by atoms with E-state index < -0.39 is 13.9 Å². The van der Waals surface area contributed by atoms with Crippen LogP contribution in [0.5, 0.6) is 0 Å². The third kappa shape index (κ3) is 5.95. The summed E-state index contributed by atoms with van der Waals surface area (Å²) in [5.41, 5.74) is 1.99. The van der Waals surface area contributed by atoms with Crippen molar-refractivity contribution in [3.63, 3.8) is 0 Å². The summed E-state index contributed by atoms with van der Waals surface area (Å²) in [7, 11) is -2.75. The highest BCUT2D eigenvalue weighted by Gasteiger charge is 2.50. The second kappa shape index (κ2) is 12.1. The summed E-state index contributed by atoms with van der Waals surface area (Å²) in [4.78, 5) is 16.2. The van der Waals surface area contributed by atoms with Crippen molar-refractivity contribution in [1.29, 1.82) is 0 Å². The third-order valence-corrected chi connectivity index (χ3v) is 13.2. The lowest BCUT2D eigenvalue weighted by Crippen LogP contribution is -2.67. The van der Waals surface area contributed by atoms with Crippen molar-refractivity contribution < 1.29 is 9.22 Å². The summed E-state index contributed by atoms with van der Waals surface area (Å²) in [6.45, 7) is 13.8. The molecule has 0 spiro atoms. The second-order valence-electron chi connectivity index (χ2n) is 11.9. The molecule has 0 saturated heterocycles. The monoisotopic (exact) mass is 569 g/mol. The molecule has 0 atom stereocenters. The fourth-order valence-corrected chi connectivity index (χ4v) is 10.4. The Morgan fingerprint density at radius 3 is 1.77 bits per heavy atom. The SMILES string of the molecule is Cc1ccc(Cl)cc1C(=O)N(CCO[Si](c1ccccc1)(c1ccccc1)C(C)(C)C)C(C)(C)c1ccccc1. The fourth-order valence-electron chi connectivity index (χ4n) is 5.66. The Labute approximate surface area is 245 Å². The number of halogens is 1. The number of benzene rings is 4. The smallest absolute Gasteiger partial charge is 0.261 e. The summed E-state index contributed by atoms with van der Waals surface area (Å²) in [6.07, 6.45) is 0. The molecule has 0 heterocycles. The van der Waals surface area contributed by atoms with Crippen LogP contribution in [-0.2, 0) is 9.96 Å². The average Bonchev–Trinajstić information content (AvgIpc) is 2.95. The molecular formula is C35H40ClNO2Si. The molecule has 0 fully saturated rings. The Morgan fingerprint density at radius 1 is 0.775 bits per heavy atom. The average molecular weight is 570 g/mol. The van der Waals surface area contributed by atoms with Crippen LogP contribution in [0.2, 0.25) is 10.1 Å². The Hall–Kier alpha value is -3.18. The van der Waals surface area contributed by atoms with Crippen LogP contribution in [0.3, 0.4) is 0 Å². The maximum atomic E-state index is 14.3. The molecule has 5 heteroatoms. The quantitative estimate of drug-likeness (QED) is 0.194. The van der Waals surface area contributed by atoms with Crippen molar-refractivity contribution >= 4 is 36.2 Å². The zero-order valence-corrected chi connectivity index (χ0v) is 26.2. The number of amides is 1. The first kappa shape index (κ1) is 29.8. The lowest BCUT2D eigenvalue weighted by molar-refractivity contribution is 0.0489. The Balaban J connectivity index is 1.76. The highest BCUT2D eigenvalue weighted by Crippen LogP contribution is 2.37. The van der Waals surface area contributed by atoms with Crippen LogP contribution in [-0.4, -0.2) is 32.3 Å².